The van der Waals surface area contributed by atoms with Crippen LogP contribution in [-0.4, -0.2) is 0 Å². The SMILES string of the molecule is Cc1ccccc1CP(=O)(Cc1ccccc1C)Oc1ccccc1OP(=O)(Cc1ccccc1C)Cc1ccccc1C. The maximum atomic E-state index is 14.9. The van der Waals surface area contributed by atoms with Crippen molar-refractivity contribution in [3.63, 3.8) is 0 Å². The van der Waals surface area contributed by atoms with Gasteiger partial charge in [-0.2, -0.15) is 0 Å². The van der Waals surface area contributed by atoms with Crippen molar-refractivity contribution in [3.8, 4) is 11.5 Å². The summed E-state index contributed by atoms with van der Waals surface area (Å²) in [5, 5.41) is 0. The molecule has 5 aromatic carbocycles. The Hall–Kier alpha value is -3.84. The summed E-state index contributed by atoms with van der Waals surface area (Å²) in [6.07, 6.45) is 1.08. The number of hydrogen-bond donors (Lipinski definition) is 0. The minimum absolute atomic E-state index is 0.270. The second-order valence-corrected chi connectivity index (χ2v) is 16.5. The van der Waals surface area contributed by atoms with Crippen LogP contribution in [0.2, 0.25) is 0 Å². The van der Waals surface area contributed by atoms with Gasteiger partial charge in [0.1, 0.15) is 0 Å². The van der Waals surface area contributed by atoms with Crippen LogP contribution >= 0.6 is 14.7 Å². The molecule has 0 aliphatic rings. The van der Waals surface area contributed by atoms with Crippen LogP contribution in [0.3, 0.4) is 0 Å². The molecule has 0 saturated carbocycles. The van der Waals surface area contributed by atoms with E-state index in [1.165, 1.54) is 0 Å². The van der Waals surface area contributed by atoms with Gasteiger partial charge in [-0.3, -0.25) is 9.13 Å². The molecule has 4 nitrogen and oxygen atoms in total. The summed E-state index contributed by atoms with van der Waals surface area (Å²) in [6.45, 7) is 8.10. The molecule has 0 aromatic heterocycles. The van der Waals surface area contributed by atoms with E-state index in [-0.39, 0.29) is 24.6 Å². The summed E-state index contributed by atoms with van der Waals surface area (Å²) in [6, 6.07) is 39.1. The molecular formula is C38H40O4P2. The molecule has 0 unspecified atom stereocenters. The Kier molecular flexibility index (Phi) is 9.94. The summed E-state index contributed by atoms with van der Waals surface area (Å²) in [4.78, 5) is 0. The first-order valence-electron chi connectivity index (χ1n) is 15.0. The standard InChI is InChI=1S/C38H40O4P2/c1-29-15-5-9-19-33(29)25-43(39,26-34-20-10-6-16-30(34)2)41-37-23-13-14-24-38(37)42-44(40,27-35-21-11-7-17-31(35)3)28-36-22-12-8-18-32(36)4/h5-24H,25-28H2,1-4H3. The Balaban J connectivity index is 1.52. The van der Waals surface area contributed by atoms with E-state index in [0.29, 0.717) is 11.5 Å². The predicted molar refractivity (Wildman–Crippen MR) is 182 cm³/mol. The zero-order valence-electron chi connectivity index (χ0n) is 25.9. The van der Waals surface area contributed by atoms with Gasteiger partial charge in [-0.1, -0.05) is 109 Å². The van der Waals surface area contributed by atoms with E-state index >= 15 is 0 Å². The lowest BCUT2D eigenvalue weighted by atomic mass is 10.1. The van der Waals surface area contributed by atoms with E-state index < -0.39 is 14.7 Å². The van der Waals surface area contributed by atoms with Crippen molar-refractivity contribution in [2.75, 3.05) is 0 Å². The maximum absolute atomic E-state index is 14.9. The highest BCUT2D eigenvalue weighted by molar-refractivity contribution is 7.58. The fraction of sp³-hybridized carbons (Fsp3) is 0.211. The maximum Gasteiger partial charge on any atom is 0.256 e. The molecule has 0 heterocycles. The van der Waals surface area contributed by atoms with Crippen LogP contribution in [0.1, 0.15) is 44.5 Å². The minimum atomic E-state index is -3.35. The summed E-state index contributed by atoms with van der Waals surface area (Å²) in [7, 11) is -6.70. The zero-order chi connectivity index (χ0) is 31.2. The quantitative estimate of drug-likeness (QED) is 0.130. The molecule has 44 heavy (non-hydrogen) atoms. The smallest absolute Gasteiger partial charge is 0.256 e. The van der Waals surface area contributed by atoms with Crippen LogP contribution in [0.15, 0.2) is 121 Å². The van der Waals surface area contributed by atoms with Gasteiger partial charge in [-0.25, -0.2) is 0 Å². The van der Waals surface area contributed by atoms with Gasteiger partial charge in [-0.05, 0) is 84.3 Å². The minimum Gasteiger partial charge on any atom is -0.438 e. The van der Waals surface area contributed by atoms with Gasteiger partial charge in [0.2, 0.25) is 0 Å². The van der Waals surface area contributed by atoms with Crippen LogP contribution in [0.5, 0.6) is 11.5 Å². The first kappa shape index (κ1) is 31.6. The Morgan fingerprint density at radius 3 is 0.864 bits per heavy atom. The molecule has 0 saturated heterocycles. The molecule has 5 aromatic rings. The predicted octanol–water partition coefficient (Wildman–Crippen LogP) is 11.0. The first-order valence-corrected chi connectivity index (χ1v) is 18.9. The fourth-order valence-electron chi connectivity index (χ4n) is 5.39. The Morgan fingerprint density at radius 2 is 0.614 bits per heavy atom. The van der Waals surface area contributed by atoms with E-state index in [4.69, 9.17) is 9.05 Å². The molecule has 0 N–H and O–H groups in total. The molecule has 0 amide bonds. The largest absolute Gasteiger partial charge is 0.438 e. The van der Waals surface area contributed by atoms with Gasteiger partial charge < -0.3 is 9.05 Å². The van der Waals surface area contributed by atoms with Gasteiger partial charge in [0.05, 0.1) is 24.6 Å². The molecule has 0 bridgehead atoms. The third kappa shape index (κ3) is 8.00. The van der Waals surface area contributed by atoms with Gasteiger partial charge in [0, 0.05) is 0 Å². The second kappa shape index (κ2) is 13.9. The van der Waals surface area contributed by atoms with Crippen LogP contribution in [0, 0.1) is 27.7 Å². The molecule has 0 aliphatic heterocycles. The molecule has 0 spiro atoms. The molecule has 5 rings (SSSR count). The van der Waals surface area contributed by atoms with Crippen LogP contribution in [-0.2, 0) is 33.8 Å². The Morgan fingerprint density at radius 1 is 0.386 bits per heavy atom. The third-order valence-corrected chi connectivity index (χ3v) is 12.4. The van der Waals surface area contributed by atoms with Gasteiger partial charge in [-0.15, -0.1) is 0 Å². The Bertz CT molecular complexity index is 1610. The van der Waals surface area contributed by atoms with Crippen molar-refractivity contribution < 1.29 is 18.2 Å². The molecule has 0 radical (unpaired) electrons. The molecule has 0 aliphatic carbocycles. The zero-order valence-corrected chi connectivity index (χ0v) is 27.7. The summed E-state index contributed by atoms with van der Waals surface area (Å²) < 4.78 is 42.8. The number of rotatable bonds is 12. The topological polar surface area (TPSA) is 52.6 Å². The second-order valence-electron chi connectivity index (χ2n) is 11.6. The van der Waals surface area contributed by atoms with E-state index in [2.05, 4.69) is 0 Å². The average molecular weight is 623 g/mol. The summed E-state index contributed by atoms with van der Waals surface area (Å²) in [5.41, 5.74) is 8.16. The van der Waals surface area contributed by atoms with E-state index in [0.717, 1.165) is 44.5 Å². The fourth-order valence-corrected chi connectivity index (χ4v) is 10.4. The van der Waals surface area contributed by atoms with Crippen molar-refractivity contribution >= 4 is 14.7 Å². The molecule has 226 valence electrons. The summed E-state index contributed by atoms with van der Waals surface area (Å²) in [5.74, 6) is 0.681. The van der Waals surface area contributed by atoms with Gasteiger partial charge in [0.15, 0.2) is 11.5 Å². The number of hydrogen-bond acceptors (Lipinski definition) is 4. The van der Waals surface area contributed by atoms with E-state index in [1.54, 1.807) is 12.1 Å². The highest BCUT2D eigenvalue weighted by atomic mass is 31.2. The van der Waals surface area contributed by atoms with Crippen LogP contribution in [0.25, 0.3) is 0 Å². The Labute approximate surface area is 262 Å². The highest BCUT2D eigenvalue weighted by Crippen LogP contribution is 2.59. The van der Waals surface area contributed by atoms with E-state index in [9.17, 15) is 9.13 Å². The first-order chi connectivity index (χ1) is 21.1. The lowest BCUT2D eigenvalue weighted by Gasteiger charge is -2.26. The van der Waals surface area contributed by atoms with Crippen molar-refractivity contribution in [3.05, 3.63) is 166 Å². The monoisotopic (exact) mass is 622 g/mol. The van der Waals surface area contributed by atoms with Crippen LogP contribution in [0.4, 0.5) is 0 Å². The summed E-state index contributed by atoms with van der Waals surface area (Å²) >= 11 is 0. The lowest BCUT2D eigenvalue weighted by molar-refractivity contribution is 0.443. The number of para-hydroxylation sites is 2. The van der Waals surface area contributed by atoms with E-state index in [1.807, 2.05) is 137 Å². The number of aryl methyl sites for hydroxylation is 4. The highest BCUT2D eigenvalue weighted by Gasteiger charge is 2.32. The van der Waals surface area contributed by atoms with Crippen molar-refractivity contribution in [2.24, 2.45) is 0 Å². The van der Waals surface area contributed by atoms with Gasteiger partial charge >= 0.3 is 0 Å². The van der Waals surface area contributed by atoms with Gasteiger partial charge in [0.25, 0.3) is 14.7 Å². The normalized spacial score (nSPS) is 11.7. The lowest BCUT2D eigenvalue weighted by Crippen LogP contribution is -2.06. The molecule has 6 heteroatoms. The molecule has 0 fully saturated rings. The van der Waals surface area contributed by atoms with Crippen molar-refractivity contribution in [1.29, 1.82) is 0 Å². The average Bonchev–Trinajstić information content (AvgIpc) is 2.99. The molecular weight excluding hydrogens is 582 g/mol. The van der Waals surface area contributed by atoms with Crippen molar-refractivity contribution in [2.45, 2.75) is 52.3 Å². The van der Waals surface area contributed by atoms with Crippen LogP contribution < -0.4 is 9.05 Å². The van der Waals surface area contributed by atoms with Crippen molar-refractivity contribution in [1.82, 2.24) is 0 Å². The third-order valence-electron chi connectivity index (χ3n) is 8.07. The number of benzene rings is 5. The molecule has 0 atom stereocenters.